The molecule has 3 nitrogen and oxygen atoms in total. The fourth-order valence-electron chi connectivity index (χ4n) is 7.78. The zero-order chi connectivity index (χ0) is 35.6. The second kappa shape index (κ2) is 12.6. The summed E-state index contributed by atoms with van der Waals surface area (Å²) in [5, 5.41) is 5.71. The molecular weight excluding hydrogens is 697 g/mol. The van der Waals surface area contributed by atoms with Gasteiger partial charge >= 0.3 is 0 Å². The van der Waals surface area contributed by atoms with E-state index >= 15 is 0 Å². The maximum atomic E-state index is 6.42. The third-order valence-corrected chi connectivity index (χ3v) is 12.5. The van der Waals surface area contributed by atoms with Crippen molar-refractivity contribution in [2.45, 2.75) is 0 Å². The van der Waals surface area contributed by atoms with Gasteiger partial charge in [-0.1, -0.05) is 115 Å². The van der Waals surface area contributed by atoms with Crippen LogP contribution in [0, 0.1) is 0 Å². The largest absolute Gasteiger partial charge is 0.456 e. The smallest absolute Gasteiger partial charge is 0.137 e. The van der Waals surface area contributed by atoms with E-state index in [1.165, 1.54) is 47.1 Å². The Kier molecular flexibility index (Phi) is 7.22. The highest BCUT2D eigenvalue weighted by atomic mass is 32.1. The van der Waals surface area contributed by atoms with Gasteiger partial charge in [-0.3, -0.25) is 0 Å². The molecule has 254 valence electrons. The van der Waals surface area contributed by atoms with Crippen molar-refractivity contribution in [3.63, 3.8) is 0 Å². The summed E-state index contributed by atoms with van der Waals surface area (Å²) in [7, 11) is 0. The van der Waals surface area contributed by atoms with E-state index in [2.05, 4.69) is 175 Å². The van der Waals surface area contributed by atoms with Crippen molar-refractivity contribution >= 4 is 92.1 Å². The van der Waals surface area contributed by atoms with E-state index in [0.29, 0.717) is 0 Å². The molecule has 0 N–H and O–H groups in total. The fraction of sp³-hybridized carbons (Fsp3) is 0. The van der Waals surface area contributed by atoms with Crippen molar-refractivity contribution in [2.75, 3.05) is 4.90 Å². The minimum Gasteiger partial charge on any atom is -0.456 e. The van der Waals surface area contributed by atoms with E-state index < -0.39 is 0 Å². The zero-order valence-electron chi connectivity index (χ0n) is 28.9. The number of furan rings is 1. The van der Waals surface area contributed by atoms with Crippen molar-refractivity contribution in [1.29, 1.82) is 0 Å². The second-order valence-electron chi connectivity index (χ2n) is 13.5. The number of anilines is 3. The average Bonchev–Trinajstić information content (AvgIpc) is 3.95. The van der Waals surface area contributed by atoms with Gasteiger partial charge in [-0.15, -0.1) is 22.7 Å². The molecule has 0 fully saturated rings. The van der Waals surface area contributed by atoms with Crippen LogP contribution in [0.1, 0.15) is 0 Å². The van der Waals surface area contributed by atoms with Crippen LogP contribution in [0.25, 0.3) is 85.2 Å². The molecule has 11 aromatic rings. The van der Waals surface area contributed by atoms with E-state index in [9.17, 15) is 0 Å². The Bertz CT molecular complexity index is 3160. The topological polar surface area (TPSA) is 29.3 Å². The van der Waals surface area contributed by atoms with Crippen LogP contribution < -0.4 is 4.90 Å². The van der Waals surface area contributed by atoms with Crippen LogP contribution in [0.2, 0.25) is 0 Å². The van der Waals surface area contributed by atoms with Crippen LogP contribution >= 0.6 is 22.7 Å². The number of hydrogen-bond donors (Lipinski definition) is 0. The molecule has 0 atom stereocenters. The summed E-state index contributed by atoms with van der Waals surface area (Å²) in [4.78, 5) is 7.59. The second-order valence-corrected chi connectivity index (χ2v) is 15.6. The van der Waals surface area contributed by atoms with Gasteiger partial charge in [0.15, 0.2) is 0 Å². The number of thiophene rings is 1. The number of hydrogen-bond acceptors (Lipinski definition) is 5. The van der Waals surface area contributed by atoms with Gasteiger partial charge in [-0.05, 0) is 82.9 Å². The molecule has 0 amide bonds. The highest BCUT2D eigenvalue weighted by Crippen LogP contribution is 2.45. The Balaban J connectivity index is 1.09. The molecule has 3 heterocycles. The molecule has 0 aliphatic rings. The molecule has 0 unspecified atom stereocenters. The summed E-state index contributed by atoms with van der Waals surface area (Å²) in [6, 6.07) is 64.9. The first-order valence-electron chi connectivity index (χ1n) is 18.0. The van der Waals surface area contributed by atoms with Crippen molar-refractivity contribution in [1.82, 2.24) is 4.98 Å². The molecule has 54 heavy (non-hydrogen) atoms. The van der Waals surface area contributed by atoms with Gasteiger partial charge in [0.25, 0.3) is 0 Å². The Hall–Kier alpha value is -6.53. The highest BCUT2D eigenvalue weighted by molar-refractivity contribution is 7.26. The van der Waals surface area contributed by atoms with Gasteiger partial charge in [0.1, 0.15) is 16.2 Å². The first kappa shape index (κ1) is 31.0. The number of rotatable bonds is 6. The quantitative estimate of drug-likeness (QED) is 0.171. The maximum absolute atomic E-state index is 6.42. The summed E-state index contributed by atoms with van der Waals surface area (Å²) >= 11 is 3.58. The average molecular weight is 727 g/mol. The van der Waals surface area contributed by atoms with Gasteiger partial charge in [0.2, 0.25) is 0 Å². The van der Waals surface area contributed by atoms with Crippen LogP contribution in [0.5, 0.6) is 0 Å². The van der Waals surface area contributed by atoms with E-state index in [1.807, 2.05) is 23.5 Å². The summed E-state index contributed by atoms with van der Waals surface area (Å²) in [5.41, 5.74) is 12.0. The number of thiazole rings is 1. The highest BCUT2D eigenvalue weighted by Gasteiger charge is 2.19. The Labute approximate surface area is 319 Å². The minimum absolute atomic E-state index is 0.867. The molecule has 0 spiro atoms. The minimum atomic E-state index is 0.867. The van der Waals surface area contributed by atoms with E-state index in [4.69, 9.17) is 9.40 Å². The summed E-state index contributed by atoms with van der Waals surface area (Å²) < 4.78 is 10.1. The first-order valence-corrected chi connectivity index (χ1v) is 19.7. The van der Waals surface area contributed by atoms with Crippen molar-refractivity contribution < 1.29 is 4.42 Å². The SMILES string of the molecule is c1ccc(-c2nc3c(ccc4sc5ccc(N(c6ccc(-c7ccccc7-c7ccccc7)cc6)c6ccc7c(c6)oc6ccccc67)cc5c43)s2)cc1. The number of aromatic nitrogens is 1. The van der Waals surface area contributed by atoms with Crippen molar-refractivity contribution in [3.8, 4) is 32.8 Å². The predicted molar refractivity (Wildman–Crippen MR) is 231 cm³/mol. The molecule has 0 saturated carbocycles. The number of nitrogens with zero attached hydrogens (tertiary/aromatic N) is 2. The lowest BCUT2D eigenvalue weighted by molar-refractivity contribution is 0.669. The molecular formula is C49H30N2OS2. The molecule has 5 heteroatoms. The predicted octanol–water partition coefficient (Wildman–Crippen LogP) is 15.0. The van der Waals surface area contributed by atoms with E-state index in [-0.39, 0.29) is 0 Å². The van der Waals surface area contributed by atoms with Gasteiger partial charge in [-0.25, -0.2) is 4.98 Å². The third-order valence-electron chi connectivity index (χ3n) is 10.3. The van der Waals surface area contributed by atoms with Crippen LogP contribution in [0.15, 0.2) is 186 Å². The van der Waals surface area contributed by atoms with Crippen LogP contribution in [-0.2, 0) is 0 Å². The molecule has 0 bridgehead atoms. The van der Waals surface area contributed by atoms with Crippen molar-refractivity contribution in [3.05, 3.63) is 182 Å². The standard InChI is InChI=1S/C49H30N2OS2/c1-3-11-31(12-4-1)37-15-7-8-16-38(37)32-19-21-34(22-20-32)51(36-23-25-40-39-17-9-10-18-42(39)52-43(40)30-36)35-24-26-44-41(29-35)47-45(53-44)27-28-46-48(47)50-49(54-46)33-13-5-2-6-14-33/h1-30H. The summed E-state index contributed by atoms with van der Waals surface area (Å²) in [6.07, 6.45) is 0. The number of fused-ring (bicyclic) bond motifs is 8. The molecule has 0 saturated heterocycles. The third kappa shape index (κ3) is 5.12. The van der Waals surface area contributed by atoms with E-state index in [0.717, 1.165) is 55.1 Å². The van der Waals surface area contributed by atoms with Crippen LogP contribution in [-0.4, -0.2) is 4.98 Å². The van der Waals surface area contributed by atoms with Gasteiger partial charge in [0.05, 0.1) is 10.2 Å². The van der Waals surface area contributed by atoms with Gasteiger partial charge < -0.3 is 9.32 Å². The Morgan fingerprint density at radius 2 is 1.00 bits per heavy atom. The molecule has 0 radical (unpaired) electrons. The monoisotopic (exact) mass is 726 g/mol. The summed E-state index contributed by atoms with van der Waals surface area (Å²) in [6.45, 7) is 0. The lowest BCUT2D eigenvalue weighted by Crippen LogP contribution is -2.09. The Morgan fingerprint density at radius 3 is 1.80 bits per heavy atom. The van der Waals surface area contributed by atoms with Crippen LogP contribution in [0.3, 0.4) is 0 Å². The molecule has 0 aliphatic carbocycles. The number of benzene rings is 8. The van der Waals surface area contributed by atoms with Gasteiger partial charge in [0, 0.05) is 59.6 Å². The Morgan fingerprint density at radius 1 is 0.407 bits per heavy atom. The van der Waals surface area contributed by atoms with E-state index in [1.54, 1.807) is 11.3 Å². The molecule has 0 aliphatic heterocycles. The molecule has 8 aromatic carbocycles. The number of para-hydroxylation sites is 1. The molecule has 3 aromatic heterocycles. The normalized spacial score (nSPS) is 11.7. The fourth-order valence-corrected chi connectivity index (χ4v) is 9.85. The van der Waals surface area contributed by atoms with Crippen molar-refractivity contribution in [2.24, 2.45) is 0 Å². The van der Waals surface area contributed by atoms with Crippen LogP contribution in [0.4, 0.5) is 17.1 Å². The molecule has 11 rings (SSSR count). The first-order chi connectivity index (χ1) is 26.7. The summed E-state index contributed by atoms with van der Waals surface area (Å²) in [5.74, 6) is 0. The zero-order valence-corrected chi connectivity index (χ0v) is 30.6. The lowest BCUT2D eigenvalue weighted by Gasteiger charge is -2.26. The van der Waals surface area contributed by atoms with Gasteiger partial charge in [-0.2, -0.15) is 0 Å². The lowest BCUT2D eigenvalue weighted by atomic mass is 9.94. The maximum Gasteiger partial charge on any atom is 0.137 e.